The molecule has 0 saturated carbocycles. The smallest absolute Gasteiger partial charge is 0.0623 e. The molecular formula is C42H31N. The van der Waals surface area contributed by atoms with Crippen molar-refractivity contribution in [2.75, 3.05) is 0 Å². The minimum atomic E-state index is 0.362. The maximum absolute atomic E-state index is 2.63. The van der Waals surface area contributed by atoms with Crippen LogP contribution in [0.2, 0.25) is 0 Å². The molecule has 7 aromatic carbocycles. The maximum atomic E-state index is 2.63. The molecule has 1 aliphatic rings. The highest BCUT2D eigenvalue weighted by Crippen LogP contribution is 2.49. The monoisotopic (exact) mass is 549 g/mol. The molecule has 8 aromatic rings. The summed E-state index contributed by atoms with van der Waals surface area (Å²) in [4.78, 5) is 0. The van der Waals surface area contributed by atoms with E-state index >= 15 is 0 Å². The summed E-state index contributed by atoms with van der Waals surface area (Å²) in [6.07, 6.45) is 6.01. The molecule has 0 amide bonds. The van der Waals surface area contributed by atoms with Crippen LogP contribution in [0, 0.1) is 0 Å². The fraction of sp³-hybridized carbons (Fsp3) is 0.0952. The molecule has 0 saturated heterocycles. The van der Waals surface area contributed by atoms with Crippen molar-refractivity contribution in [3.05, 3.63) is 151 Å². The Hall–Kier alpha value is -5.14. The van der Waals surface area contributed by atoms with Crippen molar-refractivity contribution in [2.45, 2.75) is 25.2 Å². The second-order valence-corrected chi connectivity index (χ2v) is 11.9. The first kappa shape index (κ1) is 24.5. The molecule has 0 spiro atoms. The van der Waals surface area contributed by atoms with Gasteiger partial charge in [-0.15, -0.1) is 0 Å². The number of fused-ring (bicyclic) bond motifs is 10. The predicted octanol–water partition coefficient (Wildman–Crippen LogP) is 11.7. The average Bonchev–Trinajstić information content (AvgIpc) is 3.44. The van der Waals surface area contributed by atoms with Crippen LogP contribution in [0.15, 0.2) is 146 Å². The summed E-state index contributed by atoms with van der Waals surface area (Å²) in [5.74, 6) is 0.362. The van der Waals surface area contributed by atoms with Crippen molar-refractivity contribution >= 4 is 59.8 Å². The van der Waals surface area contributed by atoms with Gasteiger partial charge in [0.2, 0.25) is 0 Å². The van der Waals surface area contributed by atoms with Gasteiger partial charge in [0.1, 0.15) is 0 Å². The number of para-hydroxylation sites is 1. The molecule has 0 N–H and O–H groups in total. The van der Waals surface area contributed by atoms with Gasteiger partial charge < -0.3 is 4.57 Å². The number of benzene rings is 7. The van der Waals surface area contributed by atoms with Gasteiger partial charge in [-0.2, -0.15) is 0 Å². The third-order valence-corrected chi connectivity index (χ3v) is 9.59. The molecule has 1 aromatic heterocycles. The van der Waals surface area contributed by atoms with E-state index in [1.165, 1.54) is 89.4 Å². The largest absolute Gasteiger partial charge is 0.312 e. The van der Waals surface area contributed by atoms with E-state index in [4.69, 9.17) is 0 Å². The highest BCUT2D eigenvalue weighted by Gasteiger charge is 2.27. The Balaban J connectivity index is 1.50. The Bertz CT molecular complexity index is 2360. The third-order valence-electron chi connectivity index (χ3n) is 9.59. The van der Waals surface area contributed by atoms with Gasteiger partial charge in [0.05, 0.1) is 11.0 Å². The topological polar surface area (TPSA) is 4.93 Å². The second kappa shape index (κ2) is 9.71. The molecule has 0 bridgehead atoms. The summed E-state index contributed by atoms with van der Waals surface area (Å²) < 4.78 is 2.63. The summed E-state index contributed by atoms with van der Waals surface area (Å²) in [6.45, 7) is 0. The van der Waals surface area contributed by atoms with E-state index in [1.54, 1.807) is 0 Å². The fourth-order valence-corrected chi connectivity index (χ4v) is 7.79. The van der Waals surface area contributed by atoms with Gasteiger partial charge in [0.15, 0.2) is 0 Å². The fourth-order valence-electron chi connectivity index (χ4n) is 7.79. The van der Waals surface area contributed by atoms with E-state index in [0.29, 0.717) is 5.92 Å². The van der Waals surface area contributed by atoms with E-state index in [9.17, 15) is 0 Å². The number of hydrogen-bond donors (Lipinski definition) is 0. The number of nitrogens with zero attached hydrogens (tertiary/aromatic N) is 1. The molecule has 1 atom stereocenters. The Morgan fingerprint density at radius 1 is 0.512 bits per heavy atom. The van der Waals surface area contributed by atoms with Crippen LogP contribution in [0.25, 0.3) is 70.9 Å². The van der Waals surface area contributed by atoms with Crippen LogP contribution in [-0.2, 0) is 0 Å². The van der Waals surface area contributed by atoms with Crippen LogP contribution in [0.3, 0.4) is 0 Å². The van der Waals surface area contributed by atoms with Crippen LogP contribution in [0.5, 0.6) is 0 Å². The van der Waals surface area contributed by atoms with E-state index < -0.39 is 0 Å². The Labute approximate surface area is 251 Å². The molecule has 0 fully saturated rings. The van der Waals surface area contributed by atoms with Gasteiger partial charge in [-0.05, 0) is 69.6 Å². The van der Waals surface area contributed by atoms with E-state index in [1.807, 2.05) is 0 Å². The number of rotatable bonds is 3. The first-order valence-corrected chi connectivity index (χ1v) is 15.5. The lowest BCUT2D eigenvalue weighted by molar-refractivity contribution is 0.650. The molecule has 1 heteroatoms. The predicted molar refractivity (Wildman–Crippen MR) is 185 cm³/mol. The quantitative estimate of drug-likeness (QED) is 0.193. The van der Waals surface area contributed by atoms with Crippen molar-refractivity contribution in [2.24, 2.45) is 0 Å². The Kier molecular flexibility index (Phi) is 5.52. The molecule has 1 heterocycles. The molecule has 9 rings (SSSR count). The molecule has 43 heavy (non-hydrogen) atoms. The van der Waals surface area contributed by atoms with Gasteiger partial charge in [-0.3, -0.25) is 0 Å². The lowest BCUT2D eigenvalue weighted by atomic mass is 9.85. The zero-order chi connectivity index (χ0) is 28.3. The number of aromatic nitrogens is 1. The van der Waals surface area contributed by atoms with E-state index in [-0.39, 0.29) is 0 Å². The molecule has 0 radical (unpaired) electrons. The second-order valence-electron chi connectivity index (χ2n) is 11.9. The lowest BCUT2D eigenvalue weighted by Gasteiger charge is -2.27. The molecule has 0 aliphatic heterocycles. The normalized spacial score (nSPS) is 15.5. The van der Waals surface area contributed by atoms with Gasteiger partial charge in [-0.25, -0.2) is 0 Å². The van der Waals surface area contributed by atoms with Gasteiger partial charge in [0, 0.05) is 33.2 Å². The Morgan fingerprint density at radius 3 is 1.93 bits per heavy atom. The number of hydrogen-bond acceptors (Lipinski definition) is 0. The first-order valence-electron chi connectivity index (χ1n) is 15.5. The van der Waals surface area contributed by atoms with Crippen molar-refractivity contribution in [1.29, 1.82) is 0 Å². The van der Waals surface area contributed by atoms with Gasteiger partial charge >= 0.3 is 0 Å². The molecule has 1 aliphatic carbocycles. The summed E-state index contributed by atoms with van der Waals surface area (Å²) in [5.41, 5.74) is 7.98. The van der Waals surface area contributed by atoms with E-state index in [2.05, 4.69) is 150 Å². The molecular weight excluding hydrogens is 518 g/mol. The van der Waals surface area contributed by atoms with E-state index in [0.717, 1.165) is 6.42 Å². The third kappa shape index (κ3) is 3.64. The highest BCUT2D eigenvalue weighted by molar-refractivity contribution is 6.38. The van der Waals surface area contributed by atoms with Gasteiger partial charge in [-0.1, -0.05) is 133 Å². The maximum Gasteiger partial charge on any atom is 0.0623 e. The zero-order valence-electron chi connectivity index (χ0n) is 24.0. The summed E-state index contributed by atoms with van der Waals surface area (Å²) >= 11 is 0. The minimum absolute atomic E-state index is 0.362. The Morgan fingerprint density at radius 2 is 1.14 bits per heavy atom. The zero-order valence-corrected chi connectivity index (χ0v) is 24.0. The average molecular weight is 550 g/mol. The standard InChI is InChI=1S/C42H31N/c1-3-15-28(16-4-1)30-19-11-13-25-38(30)43-39-26-14-12-24-35(39)41-40-33-22-9-7-20-31(33)36(29-17-5-2-6-18-29)27-37(40)32-21-8-10-23-34(32)42(41)43/h1-10,12,14-18,20-27,30H,11,13,19H2. The van der Waals surface area contributed by atoms with Crippen molar-refractivity contribution in [1.82, 2.24) is 4.57 Å². The SMILES string of the molecule is C1=C(n2c3ccccc3c3c4c5ccccc5c(-c5ccccc5)cc4c4ccccc4c32)C(c2ccccc2)CCC1. The summed E-state index contributed by atoms with van der Waals surface area (Å²) in [5, 5.41) is 10.6. The van der Waals surface area contributed by atoms with Crippen molar-refractivity contribution in [3.8, 4) is 11.1 Å². The van der Waals surface area contributed by atoms with Gasteiger partial charge in [0.25, 0.3) is 0 Å². The van der Waals surface area contributed by atoms with Crippen LogP contribution >= 0.6 is 0 Å². The molecule has 204 valence electrons. The highest BCUT2D eigenvalue weighted by atomic mass is 15.0. The van der Waals surface area contributed by atoms with Crippen LogP contribution < -0.4 is 0 Å². The van der Waals surface area contributed by atoms with Crippen LogP contribution in [-0.4, -0.2) is 4.57 Å². The van der Waals surface area contributed by atoms with Crippen LogP contribution in [0.1, 0.15) is 30.7 Å². The number of allylic oxidation sites excluding steroid dienone is 2. The van der Waals surface area contributed by atoms with Crippen molar-refractivity contribution < 1.29 is 0 Å². The lowest BCUT2D eigenvalue weighted by Crippen LogP contribution is -2.12. The summed E-state index contributed by atoms with van der Waals surface area (Å²) in [6, 6.07) is 51.6. The minimum Gasteiger partial charge on any atom is -0.312 e. The summed E-state index contributed by atoms with van der Waals surface area (Å²) in [7, 11) is 0. The first-order chi connectivity index (χ1) is 21.4. The van der Waals surface area contributed by atoms with Crippen molar-refractivity contribution in [3.63, 3.8) is 0 Å². The molecule has 1 nitrogen and oxygen atoms in total. The molecule has 1 unspecified atom stereocenters. The van der Waals surface area contributed by atoms with Crippen LogP contribution in [0.4, 0.5) is 0 Å².